The molecule has 3 atom stereocenters. The molecule has 0 unspecified atom stereocenters. The Bertz CT molecular complexity index is 1680. The number of fused-ring (bicyclic) bond motifs is 15. The molecule has 1 saturated carbocycles. The number of hydrogen-bond donors (Lipinski definition) is 5. The quantitative estimate of drug-likeness (QED) is 0.244. The zero-order valence-electron chi connectivity index (χ0n) is 28.4. The molecule has 1 fully saturated rings. The summed E-state index contributed by atoms with van der Waals surface area (Å²) in [7, 11) is 1.85. The summed E-state index contributed by atoms with van der Waals surface area (Å²) in [6.45, 7) is 5.80. The van der Waals surface area contributed by atoms with E-state index in [1.54, 1.807) is 28.9 Å². The molecule has 13 heteroatoms. The molecule has 3 aromatic rings. The molecule has 0 radical (unpaired) electrons. The van der Waals surface area contributed by atoms with Gasteiger partial charge in [0.25, 0.3) is 0 Å². The van der Waals surface area contributed by atoms with Gasteiger partial charge in [-0.1, -0.05) is 42.5 Å². The van der Waals surface area contributed by atoms with Gasteiger partial charge >= 0.3 is 0 Å². The molecule has 49 heavy (non-hydrogen) atoms. The highest BCUT2D eigenvalue weighted by atomic mass is 16.5. The molecule has 3 heterocycles. The molecular formula is C36H45N7O6. The molecule has 13 nitrogen and oxygen atoms in total. The van der Waals surface area contributed by atoms with Crippen LogP contribution >= 0.6 is 0 Å². The van der Waals surface area contributed by atoms with Crippen LogP contribution in [0, 0.1) is 13.8 Å². The third kappa shape index (κ3) is 9.04. The van der Waals surface area contributed by atoms with Gasteiger partial charge in [0.1, 0.15) is 36.0 Å². The van der Waals surface area contributed by atoms with Crippen molar-refractivity contribution in [1.82, 2.24) is 36.4 Å². The summed E-state index contributed by atoms with van der Waals surface area (Å²) >= 11 is 0. The van der Waals surface area contributed by atoms with Crippen LogP contribution in [0.5, 0.6) is 5.75 Å². The first-order valence-electron chi connectivity index (χ1n) is 16.7. The van der Waals surface area contributed by atoms with Crippen LogP contribution in [0.4, 0.5) is 0 Å². The van der Waals surface area contributed by atoms with E-state index < -0.39 is 41.4 Å². The Hall–Kier alpha value is -5.20. The SMILES string of the molecule is Cc1nn(C)c(C)c1CCC(=O)N[C@H]1Cc2ccc(cc2)OCCNC(=O)C2(CC2)NC(=O)[C@@H](Cc2ccccc2)NC(=O)[C@H](C)NC1=O. The van der Waals surface area contributed by atoms with Gasteiger partial charge in [-0.05, 0) is 68.9 Å². The Morgan fingerprint density at radius 3 is 2.35 bits per heavy atom. The Morgan fingerprint density at radius 2 is 1.69 bits per heavy atom. The summed E-state index contributed by atoms with van der Waals surface area (Å²) in [6, 6.07) is 13.3. The Morgan fingerprint density at radius 1 is 0.980 bits per heavy atom. The van der Waals surface area contributed by atoms with E-state index in [0.29, 0.717) is 25.0 Å². The molecule has 6 rings (SSSR count). The normalized spacial score (nSPS) is 21.5. The molecule has 2 aliphatic heterocycles. The average Bonchev–Trinajstić information content (AvgIpc) is 3.82. The lowest BCUT2D eigenvalue weighted by Gasteiger charge is -2.25. The van der Waals surface area contributed by atoms with E-state index in [0.717, 1.165) is 28.1 Å². The number of amides is 5. The fourth-order valence-corrected chi connectivity index (χ4v) is 5.95. The first-order valence-corrected chi connectivity index (χ1v) is 16.7. The van der Waals surface area contributed by atoms with Crippen LogP contribution in [0.25, 0.3) is 0 Å². The van der Waals surface area contributed by atoms with Crippen molar-refractivity contribution < 1.29 is 28.7 Å². The molecule has 260 valence electrons. The van der Waals surface area contributed by atoms with Gasteiger partial charge in [-0.2, -0.15) is 5.10 Å². The van der Waals surface area contributed by atoms with Crippen LogP contribution in [0.15, 0.2) is 54.6 Å². The molecule has 2 aromatic carbocycles. The number of aryl methyl sites for hydroxylation is 2. The van der Waals surface area contributed by atoms with Crippen molar-refractivity contribution in [1.29, 1.82) is 0 Å². The van der Waals surface area contributed by atoms with Gasteiger partial charge in [-0.25, -0.2) is 0 Å². The monoisotopic (exact) mass is 671 g/mol. The van der Waals surface area contributed by atoms with Crippen molar-refractivity contribution >= 4 is 29.5 Å². The van der Waals surface area contributed by atoms with E-state index in [1.807, 2.05) is 51.2 Å². The first-order chi connectivity index (χ1) is 23.4. The number of carbonyl (C=O) groups excluding carboxylic acids is 5. The lowest BCUT2D eigenvalue weighted by Crippen LogP contribution is -2.59. The van der Waals surface area contributed by atoms with Crippen LogP contribution in [0.3, 0.4) is 0 Å². The van der Waals surface area contributed by atoms with Crippen molar-refractivity contribution in [2.45, 2.75) is 83.0 Å². The second kappa shape index (κ2) is 15.3. The molecule has 1 spiro atoms. The van der Waals surface area contributed by atoms with Crippen LogP contribution in [0.2, 0.25) is 0 Å². The standard InChI is InChI=1S/C36H45N7O6/c1-22-28(24(3)43(4)42-22)14-15-31(44)39-29-21-26-10-12-27(13-11-26)49-19-18-37-35(48)36(16-17-36)41-34(47)30(20-25-8-6-5-7-9-25)40-32(45)23(2)38-33(29)46/h5-13,23,29-30H,14-21H2,1-4H3,(H,37,48)(H,38,46)(H,39,44)(H,40,45)(H,41,47)/t23-,29-,30+/m0/s1. The number of nitrogens with zero attached hydrogens (tertiary/aromatic N) is 2. The Labute approximate surface area is 285 Å². The average molecular weight is 672 g/mol. The topological polar surface area (TPSA) is 173 Å². The third-order valence-electron chi connectivity index (χ3n) is 9.15. The summed E-state index contributed by atoms with van der Waals surface area (Å²) in [4.78, 5) is 67.0. The molecule has 1 aliphatic carbocycles. The van der Waals surface area contributed by atoms with Crippen molar-refractivity contribution in [2.24, 2.45) is 7.05 Å². The van der Waals surface area contributed by atoms with Gasteiger partial charge in [0, 0.05) is 32.0 Å². The summed E-state index contributed by atoms with van der Waals surface area (Å²) in [5.74, 6) is -1.68. The second-order valence-corrected chi connectivity index (χ2v) is 12.9. The van der Waals surface area contributed by atoms with Crippen LogP contribution in [-0.4, -0.2) is 76.1 Å². The highest BCUT2D eigenvalue weighted by Gasteiger charge is 2.51. The fraction of sp³-hybridized carbons (Fsp3) is 0.444. The van der Waals surface area contributed by atoms with Crippen LogP contribution in [0.1, 0.15) is 54.3 Å². The summed E-state index contributed by atoms with van der Waals surface area (Å²) in [6.07, 6.45) is 1.89. The molecule has 3 aliphatic rings. The molecule has 5 N–H and O–H groups in total. The smallest absolute Gasteiger partial charge is 0.245 e. The van der Waals surface area contributed by atoms with Crippen molar-refractivity contribution in [3.05, 3.63) is 82.7 Å². The zero-order chi connectivity index (χ0) is 35.1. The van der Waals surface area contributed by atoms with Gasteiger partial charge in [0.2, 0.25) is 29.5 Å². The minimum atomic E-state index is -1.06. The molecule has 0 saturated heterocycles. The van der Waals surface area contributed by atoms with Gasteiger partial charge in [-0.3, -0.25) is 28.7 Å². The molecule has 2 bridgehead atoms. The Kier molecular flexibility index (Phi) is 11.0. The number of ether oxygens (including phenoxy) is 1. The van der Waals surface area contributed by atoms with E-state index >= 15 is 0 Å². The number of aromatic nitrogens is 2. The maximum Gasteiger partial charge on any atom is 0.245 e. The van der Waals surface area contributed by atoms with E-state index in [9.17, 15) is 24.0 Å². The summed E-state index contributed by atoms with van der Waals surface area (Å²) < 4.78 is 7.59. The number of carbonyl (C=O) groups is 5. The lowest BCUT2D eigenvalue weighted by molar-refractivity contribution is -0.134. The second-order valence-electron chi connectivity index (χ2n) is 12.9. The van der Waals surface area contributed by atoms with Gasteiger partial charge in [0.15, 0.2) is 0 Å². The van der Waals surface area contributed by atoms with Crippen molar-refractivity contribution in [3.8, 4) is 5.75 Å². The van der Waals surface area contributed by atoms with Gasteiger partial charge in [0.05, 0.1) is 12.2 Å². The van der Waals surface area contributed by atoms with E-state index in [1.165, 1.54) is 6.92 Å². The van der Waals surface area contributed by atoms with Crippen molar-refractivity contribution in [2.75, 3.05) is 13.2 Å². The molecular weight excluding hydrogens is 626 g/mol. The lowest BCUT2D eigenvalue weighted by atomic mass is 10.0. The van der Waals surface area contributed by atoms with E-state index in [-0.39, 0.29) is 44.2 Å². The maximum absolute atomic E-state index is 13.7. The van der Waals surface area contributed by atoms with Crippen LogP contribution in [-0.2, 0) is 50.3 Å². The van der Waals surface area contributed by atoms with Gasteiger partial charge in [-0.15, -0.1) is 0 Å². The fourth-order valence-electron chi connectivity index (χ4n) is 5.95. The largest absolute Gasteiger partial charge is 0.492 e. The van der Waals surface area contributed by atoms with Gasteiger partial charge < -0.3 is 31.3 Å². The highest BCUT2D eigenvalue weighted by molar-refractivity contribution is 5.98. The minimum absolute atomic E-state index is 0.147. The van der Waals surface area contributed by atoms with E-state index in [4.69, 9.17) is 4.74 Å². The number of nitrogens with one attached hydrogen (secondary N) is 5. The molecule has 1 aromatic heterocycles. The summed E-state index contributed by atoms with van der Waals surface area (Å²) in [5, 5.41) is 18.5. The minimum Gasteiger partial charge on any atom is -0.492 e. The molecule has 5 amide bonds. The predicted octanol–water partition coefficient (Wildman–Crippen LogP) is 1.09. The number of benzene rings is 2. The number of rotatable bonds is 6. The Balaban J connectivity index is 1.35. The predicted molar refractivity (Wildman–Crippen MR) is 181 cm³/mol. The highest BCUT2D eigenvalue weighted by Crippen LogP contribution is 2.35. The van der Waals surface area contributed by atoms with E-state index in [2.05, 4.69) is 31.7 Å². The zero-order valence-corrected chi connectivity index (χ0v) is 28.4. The third-order valence-corrected chi connectivity index (χ3v) is 9.15. The van der Waals surface area contributed by atoms with Crippen LogP contribution < -0.4 is 31.3 Å². The maximum atomic E-state index is 13.7. The summed E-state index contributed by atoms with van der Waals surface area (Å²) in [5.41, 5.74) is 3.33. The first kappa shape index (κ1) is 35.1. The number of hydrogen-bond acceptors (Lipinski definition) is 7. The van der Waals surface area contributed by atoms with Crippen molar-refractivity contribution in [3.63, 3.8) is 0 Å².